The summed E-state index contributed by atoms with van der Waals surface area (Å²) in [6, 6.07) is 4.50. The van der Waals surface area contributed by atoms with Gasteiger partial charge in [-0.25, -0.2) is 4.39 Å². The van der Waals surface area contributed by atoms with Gasteiger partial charge in [-0.05, 0) is 66.4 Å². The molecule has 1 aliphatic rings. The van der Waals surface area contributed by atoms with Gasteiger partial charge in [0.1, 0.15) is 17.2 Å². The van der Waals surface area contributed by atoms with Crippen molar-refractivity contribution in [3.05, 3.63) is 28.5 Å². The van der Waals surface area contributed by atoms with Crippen LogP contribution < -0.4 is 10.5 Å². The van der Waals surface area contributed by atoms with Gasteiger partial charge in [0.25, 0.3) is 0 Å². The molecule has 0 unspecified atom stereocenters. The molecular formula is C12H15BrFNO. The number of benzene rings is 1. The lowest BCUT2D eigenvalue weighted by molar-refractivity contribution is -0.0131. The predicted octanol–water partition coefficient (Wildman–Crippen LogP) is 3.24. The molecule has 0 atom stereocenters. The average molecular weight is 288 g/mol. The summed E-state index contributed by atoms with van der Waals surface area (Å²) in [7, 11) is 0. The fourth-order valence-electron chi connectivity index (χ4n) is 2.03. The van der Waals surface area contributed by atoms with Crippen molar-refractivity contribution in [2.75, 3.05) is 6.54 Å². The lowest BCUT2D eigenvalue weighted by Crippen LogP contribution is -2.44. The first-order valence-corrected chi connectivity index (χ1v) is 6.29. The van der Waals surface area contributed by atoms with E-state index in [2.05, 4.69) is 15.9 Å². The van der Waals surface area contributed by atoms with Crippen molar-refractivity contribution in [2.24, 2.45) is 5.73 Å². The van der Waals surface area contributed by atoms with Gasteiger partial charge in [0.05, 0.1) is 4.47 Å². The summed E-state index contributed by atoms with van der Waals surface area (Å²) in [5, 5.41) is 0. The molecule has 1 aliphatic carbocycles. The van der Waals surface area contributed by atoms with E-state index in [0.29, 0.717) is 16.8 Å². The van der Waals surface area contributed by atoms with Crippen molar-refractivity contribution in [3.63, 3.8) is 0 Å². The lowest BCUT2D eigenvalue weighted by Gasteiger charge is -2.42. The minimum absolute atomic E-state index is 0.116. The molecule has 16 heavy (non-hydrogen) atoms. The minimum Gasteiger partial charge on any atom is -0.486 e. The van der Waals surface area contributed by atoms with Crippen molar-refractivity contribution in [1.29, 1.82) is 0 Å². The van der Waals surface area contributed by atoms with Gasteiger partial charge in [-0.15, -0.1) is 0 Å². The maximum Gasteiger partial charge on any atom is 0.134 e. The SMILES string of the molecule is NCCC1(Oc2ccc(F)cc2Br)CCC1. The molecule has 0 heterocycles. The fourth-order valence-corrected chi connectivity index (χ4v) is 2.46. The summed E-state index contributed by atoms with van der Waals surface area (Å²) in [6.45, 7) is 0.624. The molecule has 2 N–H and O–H groups in total. The Labute approximate surface area is 103 Å². The Morgan fingerprint density at radius 2 is 2.19 bits per heavy atom. The van der Waals surface area contributed by atoms with Crippen LogP contribution in [0.15, 0.2) is 22.7 Å². The third-order valence-electron chi connectivity index (χ3n) is 3.09. The molecule has 4 heteroatoms. The van der Waals surface area contributed by atoms with Crippen molar-refractivity contribution >= 4 is 15.9 Å². The Morgan fingerprint density at radius 1 is 1.44 bits per heavy atom. The fraction of sp³-hybridized carbons (Fsp3) is 0.500. The Kier molecular flexibility index (Phi) is 3.50. The summed E-state index contributed by atoms with van der Waals surface area (Å²) in [5.41, 5.74) is 5.47. The smallest absolute Gasteiger partial charge is 0.134 e. The third-order valence-corrected chi connectivity index (χ3v) is 3.70. The summed E-state index contributed by atoms with van der Waals surface area (Å²) in [5.74, 6) is 0.440. The van der Waals surface area contributed by atoms with Gasteiger partial charge in [0.2, 0.25) is 0 Å². The van der Waals surface area contributed by atoms with E-state index in [-0.39, 0.29) is 11.4 Å². The molecule has 1 fully saturated rings. The third kappa shape index (κ3) is 2.38. The molecule has 1 aromatic rings. The maximum atomic E-state index is 12.9. The van der Waals surface area contributed by atoms with Crippen molar-refractivity contribution in [2.45, 2.75) is 31.3 Å². The molecule has 2 rings (SSSR count). The number of ether oxygens (including phenoxy) is 1. The Hall–Kier alpha value is -0.610. The first-order valence-electron chi connectivity index (χ1n) is 5.49. The number of nitrogens with two attached hydrogens (primary N) is 1. The first kappa shape index (κ1) is 11.9. The molecule has 0 aromatic heterocycles. The molecule has 0 bridgehead atoms. The Bertz CT molecular complexity index is 379. The molecule has 0 spiro atoms. The van der Waals surface area contributed by atoms with E-state index >= 15 is 0 Å². The van der Waals surface area contributed by atoms with Crippen LogP contribution in [0, 0.1) is 5.82 Å². The van der Waals surface area contributed by atoms with Crippen LogP contribution in [0.25, 0.3) is 0 Å². The van der Waals surface area contributed by atoms with Crippen molar-refractivity contribution < 1.29 is 9.13 Å². The quantitative estimate of drug-likeness (QED) is 0.923. The van der Waals surface area contributed by atoms with E-state index in [1.54, 1.807) is 6.07 Å². The maximum absolute atomic E-state index is 12.9. The zero-order chi connectivity index (χ0) is 11.6. The average Bonchev–Trinajstić information content (AvgIpc) is 2.18. The van der Waals surface area contributed by atoms with Gasteiger partial charge in [0, 0.05) is 0 Å². The summed E-state index contributed by atoms with van der Waals surface area (Å²) < 4.78 is 19.6. The van der Waals surface area contributed by atoms with E-state index in [1.807, 2.05) is 0 Å². The summed E-state index contributed by atoms with van der Waals surface area (Å²) in [6.07, 6.45) is 4.11. The van der Waals surface area contributed by atoms with E-state index in [1.165, 1.54) is 18.6 Å². The highest BCUT2D eigenvalue weighted by molar-refractivity contribution is 9.10. The van der Waals surface area contributed by atoms with E-state index in [4.69, 9.17) is 10.5 Å². The van der Waals surface area contributed by atoms with Gasteiger partial charge in [0.15, 0.2) is 0 Å². The molecular weight excluding hydrogens is 273 g/mol. The Balaban J connectivity index is 2.13. The summed E-state index contributed by atoms with van der Waals surface area (Å²) in [4.78, 5) is 0. The highest BCUT2D eigenvalue weighted by Gasteiger charge is 2.38. The first-order chi connectivity index (χ1) is 7.65. The highest BCUT2D eigenvalue weighted by atomic mass is 79.9. The number of halogens is 2. The molecule has 0 amide bonds. The largest absolute Gasteiger partial charge is 0.486 e. The van der Waals surface area contributed by atoms with Crippen LogP contribution in [0.3, 0.4) is 0 Å². The van der Waals surface area contributed by atoms with Gasteiger partial charge in [-0.3, -0.25) is 0 Å². The molecule has 0 radical (unpaired) electrons. The number of hydrogen-bond donors (Lipinski definition) is 1. The van der Waals surface area contributed by atoms with Crippen LogP contribution in [0.1, 0.15) is 25.7 Å². The van der Waals surface area contributed by atoms with Crippen LogP contribution in [0.5, 0.6) is 5.75 Å². The lowest BCUT2D eigenvalue weighted by atomic mass is 9.77. The van der Waals surface area contributed by atoms with Crippen LogP contribution in [-0.2, 0) is 0 Å². The predicted molar refractivity (Wildman–Crippen MR) is 65.0 cm³/mol. The molecule has 0 aliphatic heterocycles. The number of rotatable bonds is 4. The second-order valence-corrected chi connectivity index (χ2v) is 5.11. The van der Waals surface area contributed by atoms with Crippen LogP contribution in [-0.4, -0.2) is 12.1 Å². The standard InChI is InChI=1S/C12H15BrFNO/c13-10-8-9(14)2-3-11(10)16-12(6-7-15)4-1-5-12/h2-3,8H,1,4-7,15H2. The highest BCUT2D eigenvalue weighted by Crippen LogP contribution is 2.41. The minimum atomic E-state index is -0.263. The molecule has 1 saturated carbocycles. The van der Waals surface area contributed by atoms with Crippen LogP contribution in [0.4, 0.5) is 4.39 Å². The summed E-state index contributed by atoms with van der Waals surface area (Å²) >= 11 is 3.31. The number of hydrogen-bond acceptors (Lipinski definition) is 2. The zero-order valence-electron chi connectivity index (χ0n) is 9.01. The van der Waals surface area contributed by atoms with Gasteiger partial charge >= 0.3 is 0 Å². The van der Waals surface area contributed by atoms with Crippen LogP contribution in [0.2, 0.25) is 0 Å². The van der Waals surface area contributed by atoms with Gasteiger partial charge < -0.3 is 10.5 Å². The van der Waals surface area contributed by atoms with Crippen LogP contribution >= 0.6 is 15.9 Å². The molecule has 1 aromatic carbocycles. The van der Waals surface area contributed by atoms with Gasteiger partial charge in [-0.2, -0.15) is 0 Å². The molecule has 2 nitrogen and oxygen atoms in total. The monoisotopic (exact) mass is 287 g/mol. The Morgan fingerprint density at radius 3 is 2.69 bits per heavy atom. The molecule has 0 saturated heterocycles. The molecule has 88 valence electrons. The van der Waals surface area contributed by atoms with E-state index in [0.717, 1.165) is 19.3 Å². The normalized spacial score (nSPS) is 17.9. The second kappa shape index (κ2) is 4.72. The van der Waals surface area contributed by atoms with Crippen molar-refractivity contribution in [1.82, 2.24) is 0 Å². The van der Waals surface area contributed by atoms with Gasteiger partial charge in [-0.1, -0.05) is 0 Å². The zero-order valence-corrected chi connectivity index (χ0v) is 10.6. The van der Waals surface area contributed by atoms with Crippen molar-refractivity contribution in [3.8, 4) is 5.75 Å². The second-order valence-electron chi connectivity index (χ2n) is 4.25. The van der Waals surface area contributed by atoms with E-state index < -0.39 is 0 Å². The van der Waals surface area contributed by atoms with E-state index in [9.17, 15) is 4.39 Å². The topological polar surface area (TPSA) is 35.2 Å².